The number of benzene rings is 4. The molecule has 40 heavy (non-hydrogen) atoms. The van der Waals surface area contributed by atoms with Crippen LogP contribution in [0.5, 0.6) is 0 Å². The molecule has 0 saturated carbocycles. The largest absolute Gasteiger partial charge is 0.352 e. The minimum Gasteiger partial charge on any atom is -0.352 e. The monoisotopic (exact) mass is 543 g/mol. The zero-order valence-corrected chi connectivity index (χ0v) is 22.9. The van der Waals surface area contributed by atoms with Gasteiger partial charge in [0.05, 0.1) is 6.04 Å². The molecule has 0 aromatic heterocycles. The van der Waals surface area contributed by atoms with E-state index in [2.05, 4.69) is 0 Å². The number of anilines is 1. The van der Waals surface area contributed by atoms with Crippen LogP contribution in [0.1, 0.15) is 59.2 Å². The van der Waals surface area contributed by atoms with Crippen LogP contribution < -0.4 is 4.90 Å². The number of rotatable bonds is 3. The van der Waals surface area contributed by atoms with Crippen LogP contribution >= 0.6 is 11.6 Å². The van der Waals surface area contributed by atoms with Crippen LogP contribution in [0.3, 0.4) is 0 Å². The SMILES string of the molecule is Cc1ccc(C(=O)[C@H]2[C@H](c3ccc(C)cc3)C3(C(=O)c4ccccc4C3=O)[C@@H]3C=Cc4cc(Cl)ccc4N32)cc1. The number of nitrogens with zero attached hydrogens (tertiary/aromatic N) is 1. The van der Waals surface area contributed by atoms with E-state index >= 15 is 0 Å². The number of Topliss-reactive ketones (excluding diaryl/α,β-unsaturated/α-hetero) is 3. The molecule has 3 atom stereocenters. The maximum Gasteiger partial charge on any atom is 0.185 e. The van der Waals surface area contributed by atoms with Gasteiger partial charge < -0.3 is 4.90 Å². The van der Waals surface area contributed by atoms with Crippen molar-refractivity contribution < 1.29 is 14.4 Å². The van der Waals surface area contributed by atoms with Crippen LogP contribution in [0.2, 0.25) is 5.02 Å². The predicted molar refractivity (Wildman–Crippen MR) is 158 cm³/mol. The van der Waals surface area contributed by atoms with E-state index in [1.807, 2.05) is 91.6 Å². The zero-order chi connectivity index (χ0) is 27.8. The molecule has 2 aliphatic heterocycles. The molecule has 4 aromatic rings. The first kappa shape index (κ1) is 24.7. The first-order valence-electron chi connectivity index (χ1n) is 13.4. The molecule has 0 radical (unpaired) electrons. The van der Waals surface area contributed by atoms with E-state index < -0.39 is 23.4 Å². The molecule has 1 fully saturated rings. The van der Waals surface area contributed by atoms with Gasteiger partial charge >= 0.3 is 0 Å². The maximum atomic E-state index is 14.7. The van der Waals surface area contributed by atoms with Crippen LogP contribution in [-0.4, -0.2) is 29.4 Å². The third-order valence-corrected chi connectivity index (χ3v) is 9.04. The molecule has 2 heterocycles. The summed E-state index contributed by atoms with van der Waals surface area (Å²) in [6.07, 6.45) is 3.85. The molecule has 4 aromatic carbocycles. The summed E-state index contributed by atoms with van der Waals surface area (Å²) < 4.78 is 0. The quantitative estimate of drug-likeness (QED) is 0.201. The maximum absolute atomic E-state index is 14.7. The van der Waals surface area contributed by atoms with E-state index in [0.717, 1.165) is 27.9 Å². The zero-order valence-electron chi connectivity index (χ0n) is 22.1. The number of halogens is 1. The van der Waals surface area contributed by atoms with Gasteiger partial charge in [-0.2, -0.15) is 0 Å². The number of ketones is 3. The summed E-state index contributed by atoms with van der Waals surface area (Å²) in [7, 11) is 0. The van der Waals surface area contributed by atoms with Gasteiger partial charge in [0.1, 0.15) is 11.5 Å². The molecule has 7 rings (SSSR count). The van der Waals surface area contributed by atoms with Gasteiger partial charge in [0.2, 0.25) is 0 Å². The lowest BCUT2D eigenvalue weighted by atomic mass is 9.64. The average molecular weight is 544 g/mol. The lowest BCUT2D eigenvalue weighted by Crippen LogP contribution is -2.48. The molecule has 3 aliphatic rings. The van der Waals surface area contributed by atoms with Gasteiger partial charge in [-0.15, -0.1) is 0 Å². The van der Waals surface area contributed by atoms with Gasteiger partial charge in [-0.1, -0.05) is 108 Å². The van der Waals surface area contributed by atoms with Crippen molar-refractivity contribution in [2.75, 3.05) is 4.90 Å². The Balaban J connectivity index is 1.54. The third kappa shape index (κ3) is 3.29. The fraction of sp³-hybridized carbons (Fsp3) is 0.171. The Morgan fingerprint density at radius 3 is 2.02 bits per heavy atom. The van der Waals surface area contributed by atoms with Crippen molar-refractivity contribution >= 4 is 40.7 Å². The second-order valence-electron chi connectivity index (χ2n) is 11.1. The third-order valence-electron chi connectivity index (χ3n) is 8.81. The highest BCUT2D eigenvalue weighted by Crippen LogP contribution is 2.61. The highest BCUT2D eigenvalue weighted by Gasteiger charge is 2.71. The molecule has 1 aliphatic carbocycles. The number of hydrogen-bond donors (Lipinski definition) is 0. The van der Waals surface area contributed by atoms with Gasteiger partial charge in [0, 0.05) is 33.3 Å². The van der Waals surface area contributed by atoms with E-state index in [0.29, 0.717) is 21.7 Å². The fourth-order valence-corrected chi connectivity index (χ4v) is 7.16. The van der Waals surface area contributed by atoms with E-state index in [-0.39, 0.29) is 17.3 Å². The Kier molecular flexibility index (Phi) is 5.48. The second-order valence-corrected chi connectivity index (χ2v) is 11.5. The first-order valence-corrected chi connectivity index (χ1v) is 13.8. The molecule has 1 spiro atoms. The lowest BCUT2D eigenvalue weighted by molar-refractivity contribution is 0.0666. The summed E-state index contributed by atoms with van der Waals surface area (Å²) in [5.41, 5.74) is 4.41. The van der Waals surface area contributed by atoms with Gasteiger partial charge in [-0.05, 0) is 43.2 Å². The van der Waals surface area contributed by atoms with Crippen LogP contribution in [0.15, 0.2) is 97.1 Å². The molecule has 4 nitrogen and oxygen atoms in total. The molecule has 196 valence electrons. The summed E-state index contributed by atoms with van der Waals surface area (Å²) in [6.45, 7) is 3.98. The average Bonchev–Trinajstić information content (AvgIpc) is 3.39. The molecule has 0 unspecified atom stereocenters. The van der Waals surface area contributed by atoms with Crippen molar-refractivity contribution in [3.05, 3.63) is 141 Å². The van der Waals surface area contributed by atoms with Crippen LogP contribution in [-0.2, 0) is 0 Å². The number of fused-ring (bicyclic) bond motifs is 5. The van der Waals surface area contributed by atoms with Crippen molar-refractivity contribution in [1.82, 2.24) is 0 Å². The van der Waals surface area contributed by atoms with E-state index in [1.165, 1.54) is 0 Å². The van der Waals surface area contributed by atoms with Crippen LogP contribution in [0.4, 0.5) is 5.69 Å². The van der Waals surface area contributed by atoms with E-state index in [1.54, 1.807) is 30.3 Å². The second kappa shape index (κ2) is 8.87. The summed E-state index contributed by atoms with van der Waals surface area (Å²) in [5, 5.41) is 0.577. The van der Waals surface area contributed by atoms with Crippen molar-refractivity contribution in [3.63, 3.8) is 0 Å². The topological polar surface area (TPSA) is 54.5 Å². The fourth-order valence-electron chi connectivity index (χ4n) is 6.98. The summed E-state index contributed by atoms with van der Waals surface area (Å²) in [5.74, 6) is -1.30. The standard InChI is InChI=1S/C35H26ClNO3/c1-20-7-11-22(12-8-20)30-31(32(38)23-13-9-21(2)10-14-23)37-28-17-16-25(36)19-24(28)15-18-29(37)35(30)33(39)26-5-3-4-6-27(26)34(35)40/h3-19,29-31H,1-2H3/t29-,30-,31+/m0/s1. The molecular formula is C35H26ClNO3. The molecule has 0 N–H and O–H groups in total. The number of carbonyl (C=O) groups is 3. The minimum atomic E-state index is -1.50. The predicted octanol–water partition coefficient (Wildman–Crippen LogP) is 7.27. The van der Waals surface area contributed by atoms with Crippen molar-refractivity contribution in [1.29, 1.82) is 0 Å². The smallest absolute Gasteiger partial charge is 0.185 e. The Morgan fingerprint density at radius 1 is 0.800 bits per heavy atom. The Hall–Kier alpha value is -4.28. The Morgan fingerprint density at radius 2 is 1.40 bits per heavy atom. The van der Waals surface area contributed by atoms with Gasteiger partial charge in [0.25, 0.3) is 0 Å². The van der Waals surface area contributed by atoms with Crippen molar-refractivity contribution in [2.45, 2.75) is 31.8 Å². The highest BCUT2D eigenvalue weighted by atomic mass is 35.5. The number of hydrogen-bond acceptors (Lipinski definition) is 4. The summed E-state index contributed by atoms with van der Waals surface area (Å²) in [6, 6.07) is 26.5. The number of aryl methyl sites for hydroxylation is 2. The van der Waals surface area contributed by atoms with Crippen LogP contribution in [0.25, 0.3) is 6.08 Å². The summed E-state index contributed by atoms with van der Waals surface area (Å²) in [4.78, 5) is 45.9. The first-order chi connectivity index (χ1) is 19.3. The summed E-state index contributed by atoms with van der Waals surface area (Å²) >= 11 is 6.37. The van der Waals surface area contributed by atoms with E-state index in [9.17, 15) is 14.4 Å². The molecule has 0 amide bonds. The Bertz CT molecular complexity index is 1720. The van der Waals surface area contributed by atoms with Gasteiger partial charge in [-0.3, -0.25) is 14.4 Å². The Labute approximate surface area is 237 Å². The van der Waals surface area contributed by atoms with Crippen molar-refractivity contribution in [2.24, 2.45) is 5.41 Å². The van der Waals surface area contributed by atoms with Gasteiger partial charge in [0.15, 0.2) is 17.3 Å². The molecule has 5 heteroatoms. The lowest BCUT2D eigenvalue weighted by Gasteiger charge is -2.37. The normalized spacial score (nSPS) is 21.9. The van der Waals surface area contributed by atoms with E-state index in [4.69, 9.17) is 11.6 Å². The molecule has 0 bridgehead atoms. The minimum absolute atomic E-state index is 0.125. The molecule has 1 saturated heterocycles. The van der Waals surface area contributed by atoms with Gasteiger partial charge in [-0.25, -0.2) is 0 Å². The number of carbonyl (C=O) groups excluding carboxylic acids is 3. The molecular weight excluding hydrogens is 518 g/mol. The van der Waals surface area contributed by atoms with Crippen LogP contribution in [0, 0.1) is 19.3 Å². The van der Waals surface area contributed by atoms with Crippen molar-refractivity contribution in [3.8, 4) is 0 Å². The highest BCUT2D eigenvalue weighted by molar-refractivity contribution is 6.32.